The maximum Gasteiger partial charge on any atom is 0.0406 e. The lowest BCUT2D eigenvalue weighted by Gasteiger charge is -2.37. The van der Waals surface area contributed by atoms with Crippen molar-refractivity contribution in [1.82, 2.24) is 4.90 Å². The van der Waals surface area contributed by atoms with Crippen LogP contribution in [-0.4, -0.2) is 24.0 Å². The van der Waals surface area contributed by atoms with Crippen LogP contribution in [0.5, 0.6) is 0 Å². The fourth-order valence-corrected chi connectivity index (χ4v) is 3.52. The summed E-state index contributed by atoms with van der Waals surface area (Å²) in [6.45, 7) is 2.63. The molecule has 0 N–H and O–H groups in total. The van der Waals surface area contributed by atoms with E-state index in [1.54, 1.807) is 0 Å². The van der Waals surface area contributed by atoms with E-state index in [2.05, 4.69) is 17.0 Å². The van der Waals surface area contributed by atoms with Crippen LogP contribution in [-0.2, 0) is 0 Å². The van der Waals surface area contributed by atoms with Gasteiger partial charge in [-0.3, -0.25) is 4.90 Å². The number of piperidine rings is 1. The number of benzene rings is 1. The van der Waals surface area contributed by atoms with Gasteiger partial charge in [-0.05, 0) is 62.4 Å². The normalized spacial score (nSPS) is 30.3. The minimum Gasteiger partial charge on any atom is -0.300 e. The summed E-state index contributed by atoms with van der Waals surface area (Å²) < 4.78 is 0. The molecule has 1 nitrogen and oxygen atoms in total. The summed E-state index contributed by atoms with van der Waals surface area (Å²) in [5, 5.41) is 0.850. The van der Waals surface area contributed by atoms with E-state index >= 15 is 0 Å². The van der Waals surface area contributed by atoms with E-state index < -0.39 is 0 Å². The average molecular weight is 236 g/mol. The largest absolute Gasteiger partial charge is 0.300 e. The van der Waals surface area contributed by atoms with Gasteiger partial charge in [0.05, 0.1) is 0 Å². The van der Waals surface area contributed by atoms with Gasteiger partial charge in [0, 0.05) is 11.1 Å². The van der Waals surface area contributed by atoms with Crippen LogP contribution in [0.15, 0.2) is 24.3 Å². The van der Waals surface area contributed by atoms with Crippen LogP contribution in [0.2, 0.25) is 5.02 Å². The summed E-state index contributed by atoms with van der Waals surface area (Å²) in [4.78, 5) is 2.68. The van der Waals surface area contributed by atoms with Crippen LogP contribution < -0.4 is 0 Å². The second kappa shape index (κ2) is 4.38. The van der Waals surface area contributed by atoms with Crippen LogP contribution in [0.1, 0.15) is 37.2 Å². The lowest BCUT2D eigenvalue weighted by atomic mass is 9.83. The third kappa shape index (κ3) is 1.87. The Morgan fingerprint density at radius 1 is 1.00 bits per heavy atom. The number of fused-ring (bicyclic) bond motifs is 1. The van der Waals surface area contributed by atoms with Crippen molar-refractivity contribution in [3.63, 3.8) is 0 Å². The molecule has 1 aromatic carbocycles. The molecule has 16 heavy (non-hydrogen) atoms. The smallest absolute Gasteiger partial charge is 0.0406 e. The molecule has 3 rings (SSSR count). The first-order chi connectivity index (χ1) is 7.84. The molecular weight excluding hydrogens is 218 g/mol. The van der Waals surface area contributed by atoms with Crippen LogP contribution in [0.4, 0.5) is 0 Å². The molecule has 0 aliphatic carbocycles. The minimum atomic E-state index is 0.744. The fraction of sp³-hybridized carbons (Fsp3) is 0.571. The molecule has 0 radical (unpaired) electrons. The zero-order valence-corrected chi connectivity index (χ0v) is 10.3. The molecular formula is C14H18ClN. The van der Waals surface area contributed by atoms with Crippen molar-refractivity contribution in [2.24, 2.45) is 0 Å². The molecule has 2 saturated heterocycles. The predicted octanol–water partition coefficient (Wildman–Crippen LogP) is 3.68. The monoisotopic (exact) mass is 235 g/mol. The van der Waals surface area contributed by atoms with Gasteiger partial charge < -0.3 is 0 Å². The summed E-state index contributed by atoms with van der Waals surface area (Å²) in [5.74, 6) is 0.744. The maximum absolute atomic E-state index is 5.95. The summed E-state index contributed by atoms with van der Waals surface area (Å²) >= 11 is 5.95. The van der Waals surface area contributed by atoms with Crippen LogP contribution in [0.3, 0.4) is 0 Å². The average Bonchev–Trinajstić information content (AvgIpc) is 2.78. The highest BCUT2D eigenvalue weighted by Crippen LogP contribution is 2.38. The number of hydrogen-bond donors (Lipinski definition) is 0. The van der Waals surface area contributed by atoms with Crippen molar-refractivity contribution >= 4 is 11.6 Å². The van der Waals surface area contributed by atoms with Gasteiger partial charge in [-0.15, -0.1) is 0 Å². The van der Waals surface area contributed by atoms with E-state index in [-0.39, 0.29) is 0 Å². The molecule has 2 aliphatic rings. The fourth-order valence-electron chi connectivity index (χ4n) is 3.39. The molecule has 2 atom stereocenters. The van der Waals surface area contributed by atoms with E-state index in [9.17, 15) is 0 Å². The van der Waals surface area contributed by atoms with Gasteiger partial charge in [-0.2, -0.15) is 0 Å². The molecule has 0 bridgehead atoms. The van der Waals surface area contributed by atoms with Crippen LogP contribution in [0, 0.1) is 0 Å². The van der Waals surface area contributed by atoms with Gasteiger partial charge in [0.2, 0.25) is 0 Å². The SMILES string of the molecule is Clc1ccc(C2CCCN3CCCC23)cc1. The van der Waals surface area contributed by atoms with Gasteiger partial charge in [-0.25, -0.2) is 0 Å². The molecule has 0 amide bonds. The van der Waals surface area contributed by atoms with Gasteiger partial charge >= 0.3 is 0 Å². The van der Waals surface area contributed by atoms with Crippen molar-refractivity contribution in [2.45, 2.75) is 37.6 Å². The highest BCUT2D eigenvalue weighted by molar-refractivity contribution is 6.30. The third-order valence-corrected chi connectivity index (χ3v) is 4.39. The van der Waals surface area contributed by atoms with Gasteiger partial charge in [-0.1, -0.05) is 23.7 Å². The topological polar surface area (TPSA) is 3.24 Å². The van der Waals surface area contributed by atoms with Crippen molar-refractivity contribution in [3.8, 4) is 0 Å². The summed E-state index contributed by atoms with van der Waals surface area (Å²) in [7, 11) is 0. The quantitative estimate of drug-likeness (QED) is 0.718. The molecule has 1 aromatic rings. The lowest BCUT2D eigenvalue weighted by molar-refractivity contribution is 0.172. The van der Waals surface area contributed by atoms with Crippen molar-refractivity contribution in [2.75, 3.05) is 13.1 Å². The zero-order chi connectivity index (χ0) is 11.0. The Labute approximate surface area is 102 Å². The Hall–Kier alpha value is -0.530. The number of rotatable bonds is 1. The van der Waals surface area contributed by atoms with E-state index in [1.807, 2.05) is 12.1 Å². The molecule has 0 aromatic heterocycles. The molecule has 86 valence electrons. The first-order valence-corrected chi connectivity index (χ1v) is 6.72. The number of hydrogen-bond acceptors (Lipinski definition) is 1. The molecule has 0 saturated carbocycles. The van der Waals surface area contributed by atoms with Crippen molar-refractivity contribution < 1.29 is 0 Å². The third-order valence-electron chi connectivity index (χ3n) is 4.14. The molecule has 2 fully saturated rings. The van der Waals surface area contributed by atoms with E-state index in [4.69, 9.17) is 11.6 Å². The van der Waals surface area contributed by atoms with E-state index in [1.165, 1.54) is 44.3 Å². The summed E-state index contributed by atoms with van der Waals surface area (Å²) in [6.07, 6.45) is 5.47. The molecule has 0 spiro atoms. The second-order valence-corrected chi connectivity index (χ2v) is 5.48. The number of nitrogens with zero attached hydrogens (tertiary/aromatic N) is 1. The van der Waals surface area contributed by atoms with E-state index in [0.29, 0.717) is 0 Å². The standard InChI is InChI=1S/C14H18ClN/c15-12-7-5-11(6-8-12)13-3-1-9-16-10-2-4-14(13)16/h5-8,13-14H,1-4,9-10H2. The van der Waals surface area contributed by atoms with E-state index in [0.717, 1.165) is 17.0 Å². The van der Waals surface area contributed by atoms with Gasteiger partial charge in [0.25, 0.3) is 0 Å². The predicted molar refractivity (Wildman–Crippen MR) is 68.0 cm³/mol. The summed E-state index contributed by atoms with van der Waals surface area (Å²) in [6, 6.07) is 9.30. The Balaban J connectivity index is 1.85. The van der Waals surface area contributed by atoms with Crippen molar-refractivity contribution in [1.29, 1.82) is 0 Å². The first-order valence-electron chi connectivity index (χ1n) is 6.34. The second-order valence-electron chi connectivity index (χ2n) is 5.05. The number of halogens is 1. The Kier molecular flexibility index (Phi) is 2.91. The molecule has 2 heterocycles. The maximum atomic E-state index is 5.95. The Bertz CT molecular complexity index is 360. The van der Waals surface area contributed by atoms with Crippen molar-refractivity contribution in [3.05, 3.63) is 34.9 Å². The van der Waals surface area contributed by atoms with Crippen LogP contribution in [0.25, 0.3) is 0 Å². The first kappa shape index (κ1) is 10.6. The highest BCUT2D eigenvalue weighted by atomic mass is 35.5. The highest BCUT2D eigenvalue weighted by Gasteiger charge is 2.35. The zero-order valence-electron chi connectivity index (χ0n) is 9.53. The van der Waals surface area contributed by atoms with Crippen LogP contribution >= 0.6 is 11.6 Å². The Morgan fingerprint density at radius 3 is 2.44 bits per heavy atom. The molecule has 2 aliphatic heterocycles. The minimum absolute atomic E-state index is 0.744. The lowest BCUT2D eigenvalue weighted by Crippen LogP contribution is -2.39. The summed E-state index contributed by atoms with van der Waals surface area (Å²) in [5.41, 5.74) is 1.49. The van der Waals surface area contributed by atoms with Gasteiger partial charge in [0.15, 0.2) is 0 Å². The molecule has 2 unspecified atom stereocenters. The van der Waals surface area contributed by atoms with Gasteiger partial charge in [0.1, 0.15) is 0 Å². The molecule has 2 heteroatoms. The Morgan fingerprint density at radius 2 is 1.69 bits per heavy atom.